The Balaban J connectivity index is 2.19. The molecule has 1 aromatic heterocycles. The summed E-state index contributed by atoms with van der Waals surface area (Å²) in [5.41, 5.74) is 0. The van der Waals surface area contributed by atoms with Crippen LogP contribution in [-0.2, 0) is 6.54 Å². The van der Waals surface area contributed by atoms with Crippen LogP contribution in [0.4, 0.5) is 0 Å². The van der Waals surface area contributed by atoms with E-state index in [9.17, 15) is 0 Å². The lowest BCUT2D eigenvalue weighted by molar-refractivity contribution is 0.0917. The Bertz CT molecular complexity index is 238. The lowest BCUT2D eigenvalue weighted by atomic mass is 10.3. The number of aliphatic hydroxyl groups excluding tert-OH is 2. The molecule has 0 aliphatic heterocycles. The van der Waals surface area contributed by atoms with Gasteiger partial charge in [0.15, 0.2) is 0 Å². The van der Waals surface area contributed by atoms with Crippen LogP contribution in [0, 0.1) is 0 Å². The van der Waals surface area contributed by atoms with E-state index in [1.807, 2.05) is 23.9 Å². The van der Waals surface area contributed by atoms with Gasteiger partial charge in [-0.05, 0) is 13.0 Å². The van der Waals surface area contributed by atoms with Crippen molar-refractivity contribution in [2.45, 2.75) is 25.6 Å². The van der Waals surface area contributed by atoms with Gasteiger partial charge in [0.25, 0.3) is 0 Å². The van der Waals surface area contributed by atoms with Gasteiger partial charge >= 0.3 is 0 Å². The molecular formula is C9H17N3O2. The van der Waals surface area contributed by atoms with E-state index < -0.39 is 6.10 Å². The lowest BCUT2D eigenvalue weighted by Crippen LogP contribution is -2.37. The molecule has 2 unspecified atom stereocenters. The van der Waals surface area contributed by atoms with Crippen LogP contribution >= 0.6 is 0 Å². The normalized spacial score (nSPS) is 15.4. The number of nitrogens with one attached hydrogen (secondary N) is 1. The minimum atomic E-state index is -0.685. The molecule has 0 fully saturated rings. The summed E-state index contributed by atoms with van der Waals surface area (Å²) in [6.07, 6.45) is 2.94. The SMILES string of the molecule is CC(Cn1cccn1)NCC(O)CO. The third kappa shape index (κ3) is 3.87. The van der Waals surface area contributed by atoms with Crippen molar-refractivity contribution in [2.75, 3.05) is 13.2 Å². The maximum atomic E-state index is 9.10. The van der Waals surface area contributed by atoms with Gasteiger partial charge in [-0.15, -0.1) is 0 Å². The summed E-state index contributed by atoms with van der Waals surface area (Å²) in [6, 6.07) is 2.09. The van der Waals surface area contributed by atoms with Gasteiger partial charge in [-0.25, -0.2) is 0 Å². The van der Waals surface area contributed by atoms with Crippen molar-refractivity contribution in [1.82, 2.24) is 15.1 Å². The molecule has 1 aromatic rings. The molecule has 0 amide bonds. The predicted molar refractivity (Wildman–Crippen MR) is 52.8 cm³/mol. The predicted octanol–water partition coefficient (Wildman–Crippen LogP) is -0.786. The summed E-state index contributed by atoms with van der Waals surface area (Å²) in [7, 11) is 0. The Labute approximate surface area is 83.4 Å². The third-order valence-corrected chi connectivity index (χ3v) is 1.93. The van der Waals surface area contributed by atoms with Crippen LogP contribution in [-0.4, -0.2) is 45.3 Å². The van der Waals surface area contributed by atoms with Crippen LogP contribution in [0.15, 0.2) is 18.5 Å². The molecule has 80 valence electrons. The first-order valence-electron chi connectivity index (χ1n) is 4.72. The van der Waals surface area contributed by atoms with Crippen LogP contribution in [0.5, 0.6) is 0 Å². The van der Waals surface area contributed by atoms with Crippen LogP contribution < -0.4 is 5.32 Å². The second-order valence-corrected chi connectivity index (χ2v) is 3.37. The molecule has 0 aromatic carbocycles. The second kappa shape index (κ2) is 5.74. The van der Waals surface area contributed by atoms with Gasteiger partial charge in [0.05, 0.1) is 19.3 Å². The van der Waals surface area contributed by atoms with Crippen molar-refractivity contribution < 1.29 is 10.2 Å². The van der Waals surface area contributed by atoms with Crippen molar-refractivity contribution in [3.63, 3.8) is 0 Å². The number of aromatic nitrogens is 2. The molecule has 0 spiro atoms. The fourth-order valence-corrected chi connectivity index (χ4v) is 1.16. The van der Waals surface area contributed by atoms with Gasteiger partial charge in [0.2, 0.25) is 0 Å². The highest BCUT2D eigenvalue weighted by Gasteiger charge is 2.06. The Morgan fingerprint density at radius 3 is 2.93 bits per heavy atom. The zero-order chi connectivity index (χ0) is 10.4. The molecule has 0 radical (unpaired) electrons. The molecule has 0 saturated carbocycles. The topological polar surface area (TPSA) is 70.3 Å². The Kier molecular flexibility index (Phi) is 4.58. The maximum absolute atomic E-state index is 9.10. The van der Waals surface area contributed by atoms with E-state index in [1.54, 1.807) is 6.20 Å². The number of hydrogen-bond acceptors (Lipinski definition) is 4. The fourth-order valence-electron chi connectivity index (χ4n) is 1.16. The molecule has 3 N–H and O–H groups in total. The number of aliphatic hydroxyl groups is 2. The van der Waals surface area contributed by atoms with E-state index in [0.29, 0.717) is 6.54 Å². The summed E-state index contributed by atoms with van der Waals surface area (Å²) in [6.45, 7) is 2.96. The number of hydrogen-bond donors (Lipinski definition) is 3. The van der Waals surface area contributed by atoms with E-state index in [2.05, 4.69) is 10.4 Å². The first kappa shape index (κ1) is 11.2. The number of nitrogens with zero attached hydrogens (tertiary/aromatic N) is 2. The molecule has 0 aliphatic rings. The van der Waals surface area contributed by atoms with Gasteiger partial charge in [-0.3, -0.25) is 4.68 Å². The quantitative estimate of drug-likeness (QED) is 0.562. The molecule has 0 aliphatic carbocycles. The minimum Gasteiger partial charge on any atom is -0.394 e. The summed E-state index contributed by atoms with van der Waals surface area (Å²) in [5, 5.41) is 24.9. The van der Waals surface area contributed by atoms with Crippen LogP contribution in [0.1, 0.15) is 6.92 Å². The highest BCUT2D eigenvalue weighted by atomic mass is 16.3. The summed E-state index contributed by atoms with van der Waals surface area (Å²) in [4.78, 5) is 0. The standard InChI is InChI=1S/C9H17N3O2/c1-8(10-5-9(14)7-13)6-12-4-2-3-11-12/h2-4,8-10,13-14H,5-7H2,1H3. The number of rotatable bonds is 6. The van der Waals surface area contributed by atoms with Crippen molar-refractivity contribution in [1.29, 1.82) is 0 Å². The van der Waals surface area contributed by atoms with E-state index >= 15 is 0 Å². The minimum absolute atomic E-state index is 0.207. The van der Waals surface area contributed by atoms with Gasteiger partial charge in [-0.1, -0.05) is 0 Å². The van der Waals surface area contributed by atoms with Crippen LogP contribution in [0.25, 0.3) is 0 Å². The molecule has 2 atom stereocenters. The Hall–Kier alpha value is -0.910. The Morgan fingerprint density at radius 2 is 2.36 bits per heavy atom. The van der Waals surface area contributed by atoms with Crippen LogP contribution in [0.2, 0.25) is 0 Å². The molecule has 0 bridgehead atoms. The third-order valence-electron chi connectivity index (χ3n) is 1.93. The molecule has 5 heteroatoms. The summed E-state index contributed by atoms with van der Waals surface area (Å²) in [5.74, 6) is 0. The smallest absolute Gasteiger partial charge is 0.0895 e. The van der Waals surface area contributed by atoms with Crippen molar-refractivity contribution >= 4 is 0 Å². The van der Waals surface area contributed by atoms with E-state index in [0.717, 1.165) is 6.54 Å². The molecule has 1 rings (SSSR count). The largest absolute Gasteiger partial charge is 0.394 e. The molecule has 14 heavy (non-hydrogen) atoms. The van der Waals surface area contributed by atoms with Crippen molar-refractivity contribution in [2.24, 2.45) is 0 Å². The lowest BCUT2D eigenvalue weighted by Gasteiger charge is -2.15. The molecule has 1 heterocycles. The first-order chi connectivity index (χ1) is 6.72. The average molecular weight is 199 g/mol. The highest BCUT2D eigenvalue weighted by molar-refractivity contribution is 4.79. The maximum Gasteiger partial charge on any atom is 0.0895 e. The summed E-state index contributed by atoms with van der Waals surface area (Å²) < 4.78 is 1.82. The Morgan fingerprint density at radius 1 is 1.57 bits per heavy atom. The van der Waals surface area contributed by atoms with Gasteiger partial charge < -0.3 is 15.5 Å². The van der Waals surface area contributed by atoms with Crippen molar-refractivity contribution in [3.8, 4) is 0 Å². The highest BCUT2D eigenvalue weighted by Crippen LogP contribution is 1.90. The van der Waals surface area contributed by atoms with Gasteiger partial charge in [0.1, 0.15) is 0 Å². The van der Waals surface area contributed by atoms with Crippen LogP contribution in [0.3, 0.4) is 0 Å². The van der Waals surface area contributed by atoms with E-state index in [1.165, 1.54) is 0 Å². The van der Waals surface area contributed by atoms with Gasteiger partial charge in [0, 0.05) is 25.0 Å². The van der Waals surface area contributed by atoms with Crippen molar-refractivity contribution in [3.05, 3.63) is 18.5 Å². The first-order valence-corrected chi connectivity index (χ1v) is 4.72. The van der Waals surface area contributed by atoms with Gasteiger partial charge in [-0.2, -0.15) is 5.10 Å². The van der Waals surface area contributed by atoms with E-state index in [4.69, 9.17) is 10.2 Å². The zero-order valence-corrected chi connectivity index (χ0v) is 8.30. The molecule has 0 saturated heterocycles. The summed E-state index contributed by atoms with van der Waals surface area (Å²) >= 11 is 0. The average Bonchev–Trinajstić information content (AvgIpc) is 2.66. The zero-order valence-electron chi connectivity index (χ0n) is 8.30. The second-order valence-electron chi connectivity index (χ2n) is 3.37. The molecule has 5 nitrogen and oxygen atoms in total. The monoisotopic (exact) mass is 199 g/mol. The molecular weight excluding hydrogens is 182 g/mol. The van der Waals surface area contributed by atoms with E-state index in [-0.39, 0.29) is 12.6 Å². The fraction of sp³-hybridized carbons (Fsp3) is 0.667.